The Kier molecular flexibility index (Phi) is 4.95. The summed E-state index contributed by atoms with van der Waals surface area (Å²) >= 11 is 6.16. The summed E-state index contributed by atoms with van der Waals surface area (Å²) in [5, 5.41) is 12.4. The Morgan fingerprint density at radius 3 is 2.80 bits per heavy atom. The fraction of sp³-hybridized carbons (Fsp3) is 0.176. The molecule has 2 heterocycles. The topological polar surface area (TPSA) is 99.8 Å². The molecule has 2 aromatic heterocycles. The highest BCUT2D eigenvalue weighted by atomic mass is 35.5. The van der Waals surface area contributed by atoms with Crippen LogP contribution in [0.3, 0.4) is 0 Å². The predicted molar refractivity (Wildman–Crippen MR) is 95.9 cm³/mol. The predicted octanol–water partition coefficient (Wildman–Crippen LogP) is 3.00. The van der Waals surface area contributed by atoms with E-state index in [9.17, 15) is 9.59 Å². The van der Waals surface area contributed by atoms with Gasteiger partial charge in [0.05, 0.1) is 27.9 Å². The number of fused-ring (bicyclic) bond motifs is 1. The lowest BCUT2D eigenvalue weighted by molar-refractivity contribution is 0.0953. The molecule has 3 N–H and O–H groups in total. The molecule has 0 aliphatic carbocycles. The molecule has 2 amide bonds. The van der Waals surface area contributed by atoms with Crippen LogP contribution in [-0.2, 0) is 0 Å². The second kappa shape index (κ2) is 7.31. The number of nitrogens with one attached hydrogen (secondary N) is 3. The minimum atomic E-state index is -0.330. The number of H-pyrrole nitrogens is 1. The third-order valence-corrected chi connectivity index (χ3v) is 3.87. The lowest BCUT2D eigenvalue weighted by Crippen LogP contribution is -2.24. The van der Waals surface area contributed by atoms with E-state index < -0.39 is 0 Å². The van der Waals surface area contributed by atoms with Crippen molar-refractivity contribution in [3.63, 3.8) is 0 Å². The van der Waals surface area contributed by atoms with E-state index in [1.54, 1.807) is 30.5 Å². The van der Waals surface area contributed by atoms with E-state index in [1.165, 1.54) is 6.20 Å². The Morgan fingerprint density at radius 1 is 1.20 bits per heavy atom. The van der Waals surface area contributed by atoms with Gasteiger partial charge in [0.1, 0.15) is 5.52 Å². The maximum absolute atomic E-state index is 12.3. The number of anilines is 1. The van der Waals surface area contributed by atoms with Crippen LogP contribution in [0.2, 0.25) is 5.02 Å². The van der Waals surface area contributed by atoms with Crippen LogP contribution in [0.5, 0.6) is 0 Å². The fourth-order valence-electron chi connectivity index (χ4n) is 2.27. The van der Waals surface area contributed by atoms with Gasteiger partial charge in [-0.2, -0.15) is 5.10 Å². The summed E-state index contributed by atoms with van der Waals surface area (Å²) in [5.74, 6) is -0.568. The lowest BCUT2D eigenvalue weighted by Gasteiger charge is -2.09. The van der Waals surface area contributed by atoms with Gasteiger partial charge in [-0.1, -0.05) is 18.5 Å². The largest absolute Gasteiger partial charge is 0.352 e. The first kappa shape index (κ1) is 16.9. The Hall–Kier alpha value is -2.93. The second-order valence-electron chi connectivity index (χ2n) is 5.43. The SMILES string of the molecule is CCCNC(=O)c1ccc(NC(=O)c2cnc3cn[nH]c3c2)cc1Cl. The standard InChI is InChI=1S/C17H16ClN5O2/c1-2-5-19-17(25)12-4-3-11(7-13(12)18)22-16(24)10-6-14-15(20-8-10)9-21-23-14/h3-4,6-9H,2,5H2,1H3,(H,19,25)(H,21,23)(H,22,24). The van der Waals surface area contributed by atoms with Crippen LogP contribution in [0, 0.1) is 0 Å². The lowest BCUT2D eigenvalue weighted by atomic mass is 10.1. The summed E-state index contributed by atoms with van der Waals surface area (Å²) in [5.41, 5.74) is 2.61. The number of aromatic amines is 1. The quantitative estimate of drug-likeness (QED) is 0.653. The average Bonchev–Trinajstić information content (AvgIpc) is 3.07. The van der Waals surface area contributed by atoms with Gasteiger partial charge in [-0.05, 0) is 30.7 Å². The minimum absolute atomic E-state index is 0.237. The zero-order chi connectivity index (χ0) is 17.8. The summed E-state index contributed by atoms with van der Waals surface area (Å²) in [4.78, 5) is 28.5. The molecule has 128 valence electrons. The van der Waals surface area contributed by atoms with Crippen LogP contribution in [0.25, 0.3) is 11.0 Å². The number of pyridine rings is 1. The van der Waals surface area contributed by atoms with Gasteiger partial charge in [-0.3, -0.25) is 19.7 Å². The van der Waals surface area contributed by atoms with Gasteiger partial charge < -0.3 is 10.6 Å². The molecule has 0 atom stereocenters. The van der Waals surface area contributed by atoms with E-state index in [2.05, 4.69) is 25.8 Å². The maximum atomic E-state index is 12.3. The van der Waals surface area contributed by atoms with Gasteiger partial charge in [0.15, 0.2) is 0 Å². The highest BCUT2D eigenvalue weighted by Gasteiger charge is 2.13. The van der Waals surface area contributed by atoms with E-state index in [-0.39, 0.29) is 16.8 Å². The molecular weight excluding hydrogens is 342 g/mol. The van der Waals surface area contributed by atoms with Gasteiger partial charge in [0, 0.05) is 18.4 Å². The Labute approximate surface area is 148 Å². The Balaban J connectivity index is 1.74. The number of hydrogen-bond acceptors (Lipinski definition) is 4. The molecule has 0 bridgehead atoms. The maximum Gasteiger partial charge on any atom is 0.257 e. The van der Waals surface area contributed by atoms with Crippen molar-refractivity contribution in [2.75, 3.05) is 11.9 Å². The molecule has 0 saturated carbocycles. The second-order valence-corrected chi connectivity index (χ2v) is 5.84. The molecule has 3 aromatic rings. The zero-order valence-corrected chi connectivity index (χ0v) is 14.2. The fourth-order valence-corrected chi connectivity index (χ4v) is 2.54. The summed E-state index contributed by atoms with van der Waals surface area (Å²) in [6, 6.07) is 6.42. The summed E-state index contributed by atoms with van der Waals surface area (Å²) in [6.45, 7) is 2.55. The van der Waals surface area contributed by atoms with Crippen LogP contribution in [0.4, 0.5) is 5.69 Å². The molecule has 8 heteroatoms. The van der Waals surface area contributed by atoms with Gasteiger partial charge in [-0.15, -0.1) is 0 Å². The third kappa shape index (κ3) is 3.77. The average molecular weight is 358 g/mol. The molecule has 7 nitrogen and oxygen atoms in total. The van der Waals surface area contributed by atoms with Crippen molar-refractivity contribution in [1.82, 2.24) is 20.5 Å². The molecule has 0 saturated heterocycles. The number of aromatic nitrogens is 3. The number of benzene rings is 1. The Bertz CT molecular complexity index is 938. The number of carbonyl (C=O) groups is 2. The highest BCUT2D eigenvalue weighted by Crippen LogP contribution is 2.22. The van der Waals surface area contributed by atoms with Crippen LogP contribution in [-0.4, -0.2) is 33.5 Å². The van der Waals surface area contributed by atoms with Crippen molar-refractivity contribution < 1.29 is 9.59 Å². The van der Waals surface area contributed by atoms with Crippen molar-refractivity contribution in [2.24, 2.45) is 0 Å². The van der Waals surface area contributed by atoms with Crippen molar-refractivity contribution in [2.45, 2.75) is 13.3 Å². The minimum Gasteiger partial charge on any atom is -0.352 e. The molecule has 0 aliphatic rings. The monoisotopic (exact) mass is 357 g/mol. The van der Waals surface area contributed by atoms with Crippen LogP contribution in [0.15, 0.2) is 36.7 Å². The van der Waals surface area contributed by atoms with E-state index >= 15 is 0 Å². The van der Waals surface area contributed by atoms with Gasteiger partial charge in [0.25, 0.3) is 11.8 Å². The molecule has 0 spiro atoms. The molecule has 0 radical (unpaired) electrons. The van der Waals surface area contributed by atoms with Crippen molar-refractivity contribution in [3.05, 3.63) is 52.8 Å². The van der Waals surface area contributed by atoms with Gasteiger partial charge in [0.2, 0.25) is 0 Å². The van der Waals surface area contributed by atoms with E-state index in [0.717, 1.165) is 6.42 Å². The molecule has 0 fully saturated rings. The highest BCUT2D eigenvalue weighted by molar-refractivity contribution is 6.34. The van der Waals surface area contributed by atoms with E-state index in [1.807, 2.05) is 6.92 Å². The van der Waals surface area contributed by atoms with Crippen molar-refractivity contribution in [1.29, 1.82) is 0 Å². The first-order valence-electron chi connectivity index (χ1n) is 7.76. The van der Waals surface area contributed by atoms with Crippen LogP contribution < -0.4 is 10.6 Å². The smallest absolute Gasteiger partial charge is 0.257 e. The molecule has 0 unspecified atom stereocenters. The van der Waals surface area contributed by atoms with Crippen LogP contribution >= 0.6 is 11.6 Å². The number of hydrogen-bond donors (Lipinski definition) is 3. The molecule has 3 rings (SSSR count). The van der Waals surface area contributed by atoms with Gasteiger partial charge >= 0.3 is 0 Å². The van der Waals surface area contributed by atoms with Crippen LogP contribution in [0.1, 0.15) is 34.1 Å². The first-order valence-corrected chi connectivity index (χ1v) is 8.14. The number of nitrogens with zero attached hydrogens (tertiary/aromatic N) is 2. The van der Waals surface area contributed by atoms with Crippen molar-refractivity contribution in [3.8, 4) is 0 Å². The molecular formula is C17H16ClN5O2. The van der Waals surface area contributed by atoms with Crippen molar-refractivity contribution >= 4 is 40.1 Å². The number of halogens is 1. The third-order valence-electron chi connectivity index (χ3n) is 3.56. The molecule has 25 heavy (non-hydrogen) atoms. The summed E-state index contributed by atoms with van der Waals surface area (Å²) < 4.78 is 0. The normalized spacial score (nSPS) is 10.6. The van der Waals surface area contributed by atoms with Gasteiger partial charge in [-0.25, -0.2) is 0 Å². The molecule has 1 aromatic carbocycles. The number of amides is 2. The number of rotatable bonds is 5. The summed E-state index contributed by atoms with van der Waals surface area (Å²) in [7, 11) is 0. The summed E-state index contributed by atoms with van der Waals surface area (Å²) in [6.07, 6.45) is 3.90. The Morgan fingerprint density at radius 2 is 2.04 bits per heavy atom. The zero-order valence-electron chi connectivity index (χ0n) is 13.5. The molecule has 0 aliphatic heterocycles. The first-order chi connectivity index (χ1) is 12.1. The van der Waals surface area contributed by atoms with E-state index in [4.69, 9.17) is 11.6 Å². The number of carbonyl (C=O) groups excluding carboxylic acids is 2. The van der Waals surface area contributed by atoms with E-state index in [0.29, 0.717) is 34.4 Å².